The van der Waals surface area contributed by atoms with Crippen molar-refractivity contribution in [3.05, 3.63) is 45.7 Å². The Hall–Kier alpha value is -1.26. The summed E-state index contributed by atoms with van der Waals surface area (Å²) in [5.41, 5.74) is 2.61. The third-order valence-electron chi connectivity index (χ3n) is 3.53. The zero-order chi connectivity index (χ0) is 13.8. The zero-order valence-corrected chi connectivity index (χ0v) is 12.7. The van der Waals surface area contributed by atoms with Crippen LogP contribution in [0.1, 0.15) is 53.2 Å². The molecular formula is C16H21N3S. The van der Waals surface area contributed by atoms with E-state index < -0.39 is 0 Å². The minimum atomic E-state index is 0.729. The fraction of sp³-hybridized carbons (Fsp3) is 0.500. The third-order valence-corrected chi connectivity index (χ3v) is 4.60. The lowest BCUT2D eigenvalue weighted by Crippen LogP contribution is -2.13. The van der Waals surface area contributed by atoms with Gasteiger partial charge in [0.15, 0.2) is 0 Å². The molecule has 106 valence electrons. The highest BCUT2D eigenvalue weighted by Crippen LogP contribution is 2.42. The van der Waals surface area contributed by atoms with Gasteiger partial charge in [0, 0.05) is 36.2 Å². The van der Waals surface area contributed by atoms with Crippen LogP contribution >= 0.6 is 11.3 Å². The van der Waals surface area contributed by atoms with E-state index in [2.05, 4.69) is 23.3 Å². The normalized spacial score (nSPS) is 14.7. The molecule has 2 aromatic heterocycles. The standard InChI is InChI=1S/C16H21N3S/c1-2-7-17-11-14-16(13-5-6-13)19-15(20-14)9-12-4-3-8-18-10-12/h3-4,8,10,13,17H,2,5-7,9,11H2,1H3. The lowest BCUT2D eigenvalue weighted by molar-refractivity contribution is 0.676. The number of pyridine rings is 1. The summed E-state index contributed by atoms with van der Waals surface area (Å²) in [7, 11) is 0. The van der Waals surface area contributed by atoms with Gasteiger partial charge in [-0.1, -0.05) is 13.0 Å². The summed E-state index contributed by atoms with van der Waals surface area (Å²) in [5.74, 6) is 0.729. The molecule has 2 heterocycles. The van der Waals surface area contributed by atoms with Crippen molar-refractivity contribution in [2.24, 2.45) is 0 Å². The summed E-state index contributed by atoms with van der Waals surface area (Å²) in [6.45, 7) is 4.26. The van der Waals surface area contributed by atoms with E-state index in [0.29, 0.717) is 0 Å². The number of nitrogens with zero attached hydrogens (tertiary/aromatic N) is 2. The van der Waals surface area contributed by atoms with Crippen molar-refractivity contribution in [2.75, 3.05) is 6.54 Å². The van der Waals surface area contributed by atoms with E-state index in [1.165, 1.54) is 40.4 Å². The Morgan fingerprint density at radius 1 is 1.40 bits per heavy atom. The van der Waals surface area contributed by atoms with Gasteiger partial charge in [0.2, 0.25) is 0 Å². The van der Waals surface area contributed by atoms with Crippen LogP contribution in [-0.2, 0) is 13.0 Å². The fourth-order valence-electron chi connectivity index (χ4n) is 2.35. The molecular weight excluding hydrogens is 266 g/mol. The number of aromatic nitrogens is 2. The van der Waals surface area contributed by atoms with Crippen LogP contribution in [0.15, 0.2) is 24.5 Å². The van der Waals surface area contributed by atoms with Gasteiger partial charge in [0.05, 0.1) is 10.7 Å². The number of hydrogen-bond donors (Lipinski definition) is 1. The molecule has 3 nitrogen and oxygen atoms in total. The molecule has 0 atom stereocenters. The third kappa shape index (κ3) is 3.44. The monoisotopic (exact) mass is 287 g/mol. The predicted octanol–water partition coefficient (Wildman–Crippen LogP) is 3.51. The van der Waals surface area contributed by atoms with Crippen molar-refractivity contribution < 1.29 is 0 Å². The lowest BCUT2D eigenvalue weighted by Gasteiger charge is -2.01. The maximum atomic E-state index is 4.90. The van der Waals surface area contributed by atoms with Gasteiger partial charge in [-0.3, -0.25) is 4.98 Å². The van der Waals surface area contributed by atoms with Gasteiger partial charge in [0.1, 0.15) is 0 Å². The first-order valence-corrected chi connectivity index (χ1v) is 8.26. The van der Waals surface area contributed by atoms with Crippen LogP contribution in [0, 0.1) is 0 Å². The predicted molar refractivity (Wildman–Crippen MR) is 83.1 cm³/mol. The largest absolute Gasteiger partial charge is 0.312 e. The highest BCUT2D eigenvalue weighted by atomic mass is 32.1. The van der Waals surface area contributed by atoms with E-state index in [9.17, 15) is 0 Å². The number of thiazole rings is 1. The molecule has 0 bridgehead atoms. The van der Waals surface area contributed by atoms with E-state index in [0.717, 1.165) is 25.4 Å². The van der Waals surface area contributed by atoms with Gasteiger partial charge in [-0.25, -0.2) is 4.98 Å². The van der Waals surface area contributed by atoms with Crippen LogP contribution in [0.5, 0.6) is 0 Å². The van der Waals surface area contributed by atoms with Gasteiger partial charge < -0.3 is 5.32 Å². The summed E-state index contributed by atoms with van der Waals surface area (Å²) in [4.78, 5) is 10.5. The van der Waals surface area contributed by atoms with Gasteiger partial charge in [-0.2, -0.15) is 0 Å². The quantitative estimate of drug-likeness (QED) is 0.792. The Kier molecular flexibility index (Phi) is 4.43. The van der Waals surface area contributed by atoms with Crippen molar-refractivity contribution in [1.82, 2.24) is 15.3 Å². The highest BCUT2D eigenvalue weighted by molar-refractivity contribution is 7.11. The lowest BCUT2D eigenvalue weighted by atomic mass is 10.2. The summed E-state index contributed by atoms with van der Waals surface area (Å²) >= 11 is 1.87. The first-order valence-electron chi connectivity index (χ1n) is 7.45. The van der Waals surface area contributed by atoms with E-state index >= 15 is 0 Å². The van der Waals surface area contributed by atoms with E-state index in [1.807, 2.05) is 29.8 Å². The van der Waals surface area contributed by atoms with Gasteiger partial charge in [0.25, 0.3) is 0 Å². The highest BCUT2D eigenvalue weighted by Gasteiger charge is 2.29. The minimum Gasteiger partial charge on any atom is -0.312 e. The van der Waals surface area contributed by atoms with Gasteiger partial charge in [-0.05, 0) is 37.4 Å². The molecule has 0 unspecified atom stereocenters. The van der Waals surface area contributed by atoms with Crippen molar-refractivity contribution in [2.45, 2.75) is 45.1 Å². The molecule has 0 amide bonds. The molecule has 0 saturated heterocycles. The SMILES string of the molecule is CCCNCc1sc(Cc2cccnc2)nc1C1CC1. The van der Waals surface area contributed by atoms with Crippen LogP contribution < -0.4 is 5.32 Å². The Morgan fingerprint density at radius 2 is 2.30 bits per heavy atom. The maximum Gasteiger partial charge on any atom is 0.0976 e. The molecule has 1 aliphatic carbocycles. The Bertz CT molecular complexity index is 546. The molecule has 4 heteroatoms. The fourth-order valence-corrected chi connectivity index (χ4v) is 3.51. The van der Waals surface area contributed by atoms with E-state index in [4.69, 9.17) is 4.98 Å². The Morgan fingerprint density at radius 3 is 3.00 bits per heavy atom. The average molecular weight is 287 g/mol. The Labute approximate surface area is 124 Å². The molecule has 0 spiro atoms. The molecule has 20 heavy (non-hydrogen) atoms. The topological polar surface area (TPSA) is 37.8 Å². The van der Waals surface area contributed by atoms with Gasteiger partial charge >= 0.3 is 0 Å². The number of hydrogen-bond acceptors (Lipinski definition) is 4. The smallest absolute Gasteiger partial charge is 0.0976 e. The zero-order valence-electron chi connectivity index (χ0n) is 11.9. The second-order valence-electron chi connectivity index (χ2n) is 5.41. The average Bonchev–Trinajstić information content (AvgIpc) is 3.23. The first-order chi connectivity index (χ1) is 9.86. The molecule has 0 aliphatic heterocycles. The number of nitrogens with one attached hydrogen (secondary N) is 1. The molecule has 0 aromatic carbocycles. The van der Waals surface area contributed by atoms with Crippen LogP contribution in [0.3, 0.4) is 0 Å². The molecule has 1 saturated carbocycles. The van der Waals surface area contributed by atoms with Crippen molar-refractivity contribution in [1.29, 1.82) is 0 Å². The molecule has 1 fully saturated rings. The second-order valence-corrected chi connectivity index (χ2v) is 6.57. The molecule has 1 N–H and O–H groups in total. The van der Waals surface area contributed by atoms with Crippen molar-refractivity contribution >= 4 is 11.3 Å². The summed E-state index contributed by atoms with van der Waals surface area (Å²) < 4.78 is 0. The number of rotatable bonds is 7. The molecule has 0 radical (unpaired) electrons. The molecule has 2 aromatic rings. The van der Waals surface area contributed by atoms with Crippen molar-refractivity contribution in [3.8, 4) is 0 Å². The van der Waals surface area contributed by atoms with Crippen LogP contribution in [-0.4, -0.2) is 16.5 Å². The Balaban J connectivity index is 1.73. The van der Waals surface area contributed by atoms with Crippen molar-refractivity contribution in [3.63, 3.8) is 0 Å². The van der Waals surface area contributed by atoms with Crippen LogP contribution in [0.4, 0.5) is 0 Å². The molecule has 1 aliphatic rings. The molecule has 3 rings (SSSR count). The summed E-state index contributed by atoms with van der Waals surface area (Å²) in [6.07, 6.45) is 8.48. The summed E-state index contributed by atoms with van der Waals surface area (Å²) in [6, 6.07) is 4.12. The first kappa shape index (κ1) is 13.7. The summed E-state index contributed by atoms with van der Waals surface area (Å²) in [5, 5.41) is 4.74. The van der Waals surface area contributed by atoms with E-state index in [1.54, 1.807) is 0 Å². The van der Waals surface area contributed by atoms with Crippen LogP contribution in [0.25, 0.3) is 0 Å². The van der Waals surface area contributed by atoms with E-state index in [-0.39, 0.29) is 0 Å². The van der Waals surface area contributed by atoms with Crippen LogP contribution in [0.2, 0.25) is 0 Å². The minimum absolute atomic E-state index is 0.729. The second kappa shape index (κ2) is 6.46. The maximum absolute atomic E-state index is 4.90. The van der Waals surface area contributed by atoms with Gasteiger partial charge in [-0.15, -0.1) is 11.3 Å².